The third-order valence-corrected chi connectivity index (χ3v) is 10.6. The number of alkyl halides is 3. The summed E-state index contributed by atoms with van der Waals surface area (Å²) < 4.78 is 62.2. The van der Waals surface area contributed by atoms with Crippen LogP contribution in [-0.4, -0.2) is 76.3 Å². The van der Waals surface area contributed by atoms with Crippen molar-refractivity contribution in [3.8, 4) is 11.8 Å². The summed E-state index contributed by atoms with van der Waals surface area (Å²) in [6.07, 6.45) is -1.70. The summed E-state index contributed by atoms with van der Waals surface area (Å²) in [6, 6.07) is 11.0. The summed E-state index contributed by atoms with van der Waals surface area (Å²) in [4.78, 5) is 58.6. The largest absolute Gasteiger partial charge is 0.490 e. The molecule has 3 N–H and O–H groups in total. The molecule has 296 valence electrons. The molecule has 4 amide bonds. The quantitative estimate of drug-likeness (QED) is 0.122. The van der Waals surface area contributed by atoms with E-state index in [0.717, 1.165) is 22.7 Å². The van der Waals surface area contributed by atoms with Gasteiger partial charge < -0.3 is 20.3 Å². The zero-order valence-electron chi connectivity index (χ0n) is 30.7. The third-order valence-electron chi connectivity index (χ3n) is 10.1. The van der Waals surface area contributed by atoms with Gasteiger partial charge in [0.1, 0.15) is 35.3 Å². The van der Waals surface area contributed by atoms with Crippen LogP contribution in [0.4, 0.5) is 40.3 Å². The molecule has 13 nitrogen and oxygen atoms in total. The highest BCUT2D eigenvalue weighted by Crippen LogP contribution is 2.43. The second-order valence-corrected chi connectivity index (χ2v) is 14.7. The van der Waals surface area contributed by atoms with Crippen LogP contribution in [0.15, 0.2) is 48.7 Å². The fraction of sp³-hybridized carbons (Fsp3) is 0.421. The molecule has 56 heavy (non-hydrogen) atoms. The minimum Gasteiger partial charge on any atom is -0.490 e. The number of pyridine rings is 1. The molecule has 3 fully saturated rings. The number of carbonyl (C=O) groups is 4. The average molecular weight is 797 g/mol. The Morgan fingerprint density at radius 2 is 1.82 bits per heavy atom. The molecule has 2 unspecified atom stereocenters. The van der Waals surface area contributed by atoms with E-state index in [0.29, 0.717) is 55.9 Å². The van der Waals surface area contributed by atoms with Crippen LogP contribution in [0, 0.1) is 17.1 Å². The van der Waals surface area contributed by atoms with Gasteiger partial charge in [-0.3, -0.25) is 34.3 Å². The van der Waals surface area contributed by atoms with Crippen molar-refractivity contribution in [2.75, 3.05) is 40.1 Å². The number of hydrogen-bond donors (Lipinski definition) is 4. The smallest absolute Gasteiger partial charge is 0.419 e. The molecule has 3 aromatic rings. The molecule has 0 spiro atoms. The first-order valence-electron chi connectivity index (χ1n) is 18.0. The highest BCUT2D eigenvalue weighted by molar-refractivity contribution is 7.81. The second-order valence-electron chi connectivity index (χ2n) is 14.3. The summed E-state index contributed by atoms with van der Waals surface area (Å²) in [5.74, 6) is -1.73. The van der Waals surface area contributed by atoms with Crippen LogP contribution in [-0.2, 0) is 31.8 Å². The van der Waals surface area contributed by atoms with Gasteiger partial charge in [-0.25, -0.2) is 9.37 Å². The van der Waals surface area contributed by atoms with Crippen LogP contribution in [0.2, 0.25) is 0 Å². The number of nitriles is 1. The van der Waals surface area contributed by atoms with Gasteiger partial charge in [0.25, 0.3) is 5.91 Å². The molecule has 1 aromatic heterocycles. The molecule has 18 heteroatoms. The van der Waals surface area contributed by atoms with E-state index in [4.69, 9.17) is 4.74 Å². The van der Waals surface area contributed by atoms with Crippen molar-refractivity contribution in [3.63, 3.8) is 0 Å². The molecular formula is C38H40F4N8O5S. The minimum absolute atomic E-state index is 0.0220. The number of benzene rings is 2. The number of imide groups is 1. The van der Waals surface area contributed by atoms with Crippen molar-refractivity contribution >= 4 is 59.0 Å². The fourth-order valence-electron chi connectivity index (χ4n) is 7.11. The van der Waals surface area contributed by atoms with Crippen molar-refractivity contribution < 1.29 is 41.5 Å². The number of thiol groups is 1. The number of hydrogen-bond acceptors (Lipinski definition) is 11. The fourth-order valence-corrected chi connectivity index (χ4v) is 7.77. The third kappa shape index (κ3) is 8.38. The minimum atomic E-state index is -4.86. The molecule has 4 heterocycles. The normalized spacial score (nSPS) is 20.4. The number of aryl methyl sites for hydroxylation is 1. The Hall–Kier alpha value is -5.41. The predicted octanol–water partition coefficient (Wildman–Crippen LogP) is 5.22. The summed E-state index contributed by atoms with van der Waals surface area (Å²) in [7, 11) is 0. The first-order chi connectivity index (χ1) is 26.5. The van der Waals surface area contributed by atoms with Crippen LogP contribution in [0.1, 0.15) is 63.3 Å². The molecule has 3 saturated heterocycles. The Bertz CT molecular complexity index is 2090. The number of halogens is 4. The standard InChI is InChI=1S/C38H40F4N8O5S/c1-4-21-15-23(50-36(56)49(35(54)37(50,2)3)24-17-26(38(40,41)42)30(18-43)44-19-24)6-9-31(21)55-25-11-13-48(14-12-25)20-33(52)46-29-16-22(5-7-27(29)39)45-28-8-10-32(51)47-34(28)53/h5-7,9,15-17,19,25,28,36,45,56H,4,8,10-14,20H2,1-3H3,(H,46,52)(H,47,51,53). The molecule has 2 aromatic carbocycles. The monoisotopic (exact) mass is 796 g/mol. The van der Waals surface area contributed by atoms with Gasteiger partial charge in [0.2, 0.25) is 17.7 Å². The van der Waals surface area contributed by atoms with Gasteiger partial charge in [-0.15, -0.1) is 12.6 Å². The zero-order chi connectivity index (χ0) is 40.5. The predicted molar refractivity (Wildman–Crippen MR) is 202 cm³/mol. The number of rotatable bonds is 10. The number of nitrogens with one attached hydrogen (secondary N) is 3. The maximum Gasteiger partial charge on any atom is 0.419 e. The highest BCUT2D eigenvalue weighted by atomic mass is 32.1. The SMILES string of the molecule is CCc1cc(N2C(S)N(c3cnc(C#N)c(C(F)(F)F)c3)C(=O)C2(C)C)ccc1OC1CCN(CC(=O)Nc2cc(NC3CCC(=O)NC3=O)ccc2F)CC1. The summed E-state index contributed by atoms with van der Waals surface area (Å²) in [5.41, 5.74) is -2.58. The topological polar surface area (TPSA) is 160 Å². The van der Waals surface area contributed by atoms with Crippen LogP contribution in [0.3, 0.4) is 0 Å². The molecule has 0 aliphatic carbocycles. The van der Waals surface area contributed by atoms with Gasteiger partial charge in [0.15, 0.2) is 11.2 Å². The maximum atomic E-state index is 14.6. The van der Waals surface area contributed by atoms with E-state index >= 15 is 0 Å². The van der Waals surface area contributed by atoms with Gasteiger partial charge in [-0.1, -0.05) is 6.92 Å². The Labute approximate surface area is 325 Å². The lowest BCUT2D eigenvalue weighted by molar-refractivity contribution is -0.138. The van der Waals surface area contributed by atoms with Crippen molar-refractivity contribution in [1.29, 1.82) is 5.26 Å². The Morgan fingerprint density at radius 1 is 1.09 bits per heavy atom. The van der Waals surface area contributed by atoms with Crippen LogP contribution in [0.5, 0.6) is 5.75 Å². The van der Waals surface area contributed by atoms with Gasteiger partial charge in [0, 0.05) is 30.9 Å². The molecule has 3 aliphatic heterocycles. The second kappa shape index (κ2) is 16.0. The number of piperidine rings is 2. The molecule has 3 aliphatic rings. The van der Waals surface area contributed by atoms with Crippen LogP contribution >= 0.6 is 12.6 Å². The van der Waals surface area contributed by atoms with Gasteiger partial charge in [0.05, 0.1) is 29.7 Å². The van der Waals surface area contributed by atoms with Crippen LogP contribution in [0.25, 0.3) is 0 Å². The Balaban J connectivity index is 1.06. The van der Waals surface area contributed by atoms with E-state index in [1.807, 2.05) is 17.9 Å². The number of aromatic nitrogens is 1. The number of anilines is 4. The zero-order valence-corrected chi connectivity index (χ0v) is 31.6. The molecular weight excluding hydrogens is 757 g/mol. The summed E-state index contributed by atoms with van der Waals surface area (Å²) in [6.45, 7) is 6.35. The number of likely N-dealkylation sites (tertiary alicyclic amines) is 1. The van der Waals surface area contributed by atoms with Gasteiger partial charge in [-0.2, -0.15) is 18.4 Å². The lowest BCUT2D eigenvalue weighted by atomic mass is 10.0. The summed E-state index contributed by atoms with van der Waals surface area (Å²) in [5, 5.41) is 17.0. The molecule has 0 saturated carbocycles. The number of nitrogens with zero attached hydrogens (tertiary/aromatic N) is 5. The van der Waals surface area contributed by atoms with Crippen molar-refractivity contribution in [2.45, 2.75) is 82.2 Å². The van der Waals surface area contributed by atoms with Gasteiger partial charge in [-0.05, 0) is 87.6 Å². The van der Waals surface area contributed by atoms with E-state index in [2.05, 4.69) is 33.6 Å². The van der Waals surface area contributed by atoms with E-state index in [9.17, 15) is 42.0 Å². The Morgan fingerprint density at radius 3 is 2.48 bits per heavy atom. The van der Waals surface area contributed by atoms with E-state index in [1.54, 1.807) is 30.9 Å². The van der Waals surface area contributed by atoms with E-state index in [-0.39, 0.29) is 36.4 Å². The maximum absolute atomic E-state index is 14.6. The lowest BCUT2D eigenvalue weighted by Crippen LogP contribution is -2.47. The van der Waals surface area contributed by atoms with Crippen molar-refractivity contribution in [3.05, 3.63) is 71.3 Å². The molecule has 0 bridgehead atoms. The first-order valence-corrected chi connectivity index (χ1v) is 18.5. The number of carbonyl (C=O) groups excluding carboxylic acids is 4. The molecule has 6 rings (SSSR count). The van der Waals surface area contributed by atoms with E-state index < -0.39 is 58.1 Å². The van der Waals surface area contributed by atoms with Crippen molar-refractivity contribution in [2.24, 2.45) is 0 Å². The number of amides is 4. The first kappa shape index (κ1) is 40.3. The van der Waals surface area contributed by atoms with E-state index in [1.165, 1.54) is 24.3 Å². The molecule has 2 atom stereocenters. The van der Waals surface area contributed by atoms with Gasteiger partial charge >= 0.3 is 6.18 Å². The highest BCUT2D eigenvalue weighted by Gasteiger charge is 2.52. The lowest BCUT2D eigenvalue weighted by Gasteiger charge is -2.34. The summed E-state index contributed by atoms with van der Waals surface area (Å²) >= 11 is 4.68. The van der Waals surface area contributed by atoms with Crippen molar-refractivity contribution in [1.82, 2.24) is 15.2 Å². The molecule has 0 radical (unpaired) electrons. The Kier molecular flexibility index (Phi) is 11.5. The average Bonchev–Trinajstić information content (AvgIpc) is 3.33. The van der Waals surface area contributed by atoms with Crippen LogP contribution < -0.4 is 30.5 Å². The number of ether oxygens (including phenoxy) is 1.